The van der Waals surface area contributed by atoms with Gasteiger partial charge in [0, 0.05) is 13.0 Å². The van der Waals surface area contributed by atoms with Crippen LogP contribution in [0.25, 0.3) is 0 Å². The third kappa shape index (κ3) is 3.67. The van der Waals surface area contributed by atoms with Crippen molar-refractivity contribution in [1.82, 2.24) is 5.06 Å². The van der Waals surface area contributed by atoms with Gasteiger partial charge >= 0.3 is 0 Å². The zero-order chi connectivity index (χ0) is 12.1. The molecule has 0 saturated heterocycles. The summed E-state index contributed by atoms with van der Waals surface area (Å²) in [4.78, 5) is 17.0. The molecule has 0 aromatic heterocycles. The lowest BCUT2D eigenvalue weighted by Crippen LogP contribution is -2.39. The Morgan fingerprint density at radius 1 is 1.60 bits per heavy atom. The fourth-order valence-corrected chi connectivity index (χ4v) is 1.48. The van der Waals surface area contributed by atoms with Crippen molar-refractivity contribution >= 4 is 5.91 Å². The minimum absolute atomic E-state index is 0.0178. The highest BCUT2D eigenvalue weighted by Gasteiger charge is 2.34. The lowest BCUT2D eigenvalue weighted by atomic mass is 9.74. The van der Waals surface area contributed by atoms with Crippen LogP contribution in [0.15, 0.2) is 12.7 Å². The number of hydrogen-bond donors (Lipinski definition) is 0. The van der Waals surface area contributed by atoms with Crippen molar-refractivity contribution in [2.24, 2.45) is 11.3 Å². The lowest BCUT2D eigenvalue weighted by Gasteiger charge is -2.33. The van der Waals surface area contributed by atoms with Crippen LogP contribution in [0.2, 0.25) is 0 Å². The molecule has 0 spiro atoms. The summed E-state index contributed by atoms with van der Waals surface area (Å²) < 4.78 is 0. The van der Waals surface area contributed by atoms with Crippen molar-refractivity contribution in [3.63, 3.8) is 0 Å². The van der Waals surface area contributed by atoms with Crippen LogP contribution in [-0.2, 0) is 9.63 Å². The smallest absolute Gasteiger partial charge is 0.249 e. The van der Waals surface area contributed by atoms with Gasteiger partial charge < -0.3 is 0 Å². The molecular weight excluding hydrogens is 190 g/mol. The molecule has 3 nitrogen and oxygen atoms in total. The van der Waals surface area contributed by atoms with E-state index in [2.05, 4.69) is 27.4 Å². The molecule has 88 valence electrons. The maximum Gasteiger partial charge on any atom is 0.249 e. The minimum atomic E-state index is -0.0649. The van der Waals surface area contributed by atoms with E-state index >= 15 is 0 Å². The summed E-state index contributed by atoms with van der Waals surface area (Å²) in [6.07, 6.45) is 3.44. The molecule has 1 atom stereocenters. The van der Waals surface area contributed by atoms with Gasteiger partial charge in [-0.05, 0) is 11.8 Å². The Balaban J connectivity index is 4.80. The average Bonchev–Trinajstić information content (AvgIpc) is 2.23. The second-order valence-electron chi connectivity index (χ2n) is 4.44. The largest absolute Gasteiger partial charge is 0.275 e. The molecule has 0 aliphatic carbocycles. The predicted octanol–water partition coefficient (Wildman–Crippen LogP) is 2.63. The molecule has 0 aromatic carbocycles. The van der Waals surface area contributed by atoms with E-state index in [9.17, 15) is 4.79 Å². The Bertz CT molecular complexity index is 224. The van der Waals surface area contributed by atoms with Gasteiger partial charge in [-0.2, -0.15) is 0 Å². The van der Waals surface area contributed by atoms with Gasteiger partial charge in [0.2, 0.25) is 5.91 Å². The monoisotopic (exact) mass is 213 g/mol. The molecule has 0 saturated carbocycles. The zero-order valence-electron chi connectivity index (χ0n) is 10.5. The van der Waals surface area contributed by atoms with Crippen LogP contribution in [0, 0.1) is 11.3 Å². The molecule has 0 N–H and O–H groups in total. The highest BCUT2D eigenvalue weighted by Crippen LogP contribution is 2.34. The summed E-state index contributed by atoms with van der Waals surface area (Å²) in [5.74, 6) is -0.0470. The summed E-state index contributed by atoms with van der Waals surface area (Å²) in [6.45, 7) is 10.00. The van der Waals surface area contributed by atoms with Crippen LogP contribution in [-0.4, -0.2) is 25.1 Å². The van der Waals surface area contributed by atoms with Gasteiger partial charge in [0.1, 0.15) is 0 Å². The first-order valence-electron chi connectivity index (χ1n) is 5.33. The van der Waals surface area contributed by atoms with E-state index in [1.54, 1.807) is 13.1 Å². The van der Waals surface area contributed by atoms with Crippen LogP contribution >= 0.6 is 0 Å². The number of rotatable bonds is 6. The number of nitrogens with zero attached hydrogens (tertiary/aromatic N) is 1. The maximum absolute atomic E-state index is 12.0. The number of hydrogen-bond acceptors (Lipinski definition) is 2. The average molecular weight is 213 g/mol. The maximum atomic E-state index is 12.0. The Hall–Kier alpha value is -0.830. The summed E-state index contributed by atoms with van der Waals surface area (Å²) in [6, 6.07) is 0. The minimum Gasteiger partial charge on any atom is -0.275 e. The molecule has 0 aromatic rings. The second-order valence-corrected chi connectivity index (χ2v) is 4.44. The number of amides is 1. The van der Waals surface area contributed by atoms with Crippen molar-refractivity contribution in [3.05, 3.63) is 12.7 Å². The van der Waals surface area contributed by atoms with Crippen LogP contribution in [0.1, 0.15) is 33.6 Å². The number of allylic oxidation sites excluding steroid dienone is 1. The van der Waals surface area contributed by atoms with Crippen molar-refractivity contribution in [2.75, 3.05) is 14.2 Å². The zero-order valence-corrected chi connectivity index (χ0v) is 10.5. The first kappa shape index (κ1) is 14.2. The standard InChI is InChI=1S/C12H23NO2/c1-7-9-10(12(3,4)8-2)11(14)13(5)15-6/h7,10H,1,8-9H2,2-6H3. The van der Waals surface area contributed by atoms with E-state index in [-0.39, 0.29) is 17.2 Å². The van der Waals surface area contributed by atoms with E-state index in [0.29, 0.717) is 6.42 Å². The van der Waals surface area contributed by atoms with Crippen LogP contribution < -0.4 is 0 Å². The van der Waals surface area contributed by atoms with Gasteiger partial charge in [0.25, 0.3) is 0 Å². The quantitative estimate of drug-likeness (QED) is 0.501. The Labute approximate surface area is 93.1 Å². The van der Waals surface area contributed by atoms with E-state index in [0.717, 1.165) is 6.42 Å². The first-order chi connectivity index (χ1) is 6.90. The molecule has 0 aliphatic rings. The summed E-state index contributed by atoms with van der Waals surface area (Å²) in [7, 11) is 3.14. The Morgan fingerprint density at radius 2 is 2.13 bits per heavy atom. The van der Waals surface area contributed by atoms with Crippen LogP contribution in [0.4, 0.5) is 0 Å². The summed E-state index contributed by atoms with van der Waals surface area (Å²) in [5, 5.41) is 1.30. The third-order valence-corrected chi connectivity index (χ3v) is 3.14. The van der Waals surface area contributed by atoms with Crippen LogP contribution in [0.3, 0.4) is 0 Å². The SMILES string of the molecule is C=CCC(C(=O)N(C)OC)C(C)(C)CC. The molecule has 0 bridgehead atoms. The van der Waals surface area contributed by atoms with Crippen molar-refractivity contribution in [3.8, 4) is 0 Å². The van der Waals surface area contributed by atoms with Gasteiger partial charge in [0.05, 0.1) is 7.11 Å². The predicted molar refractivity (Wildman–Crippen MR) is 62.2 cm³/mol. The third-order valence-electron chi connectivity index (χ3n) is 3.14. The number of carbonyl (C=O) groups is 1. The van der Waals surface area contributed by atoms with E-state index in [1.807, 2.05) is 0 Å². The molecule has 1 unspecified atom stereocenters. The number of carbonyl (C=O) groups excluding carboxylic acids is 1. The lowest BCUT2D eigenvalue weighted by molar-refractivity contribution is -0.177. The molecular formula is C12H23NO2. The summed E-state index contributed by atoms with van der Waals surface area (Å²) in [5.41, 5.74) is -0.0297. The number of hydroxylamine groups is 2. The summed E-state index contributed by atoms with van der Waals surface area (Å²) >= 11 is 0. The van der Waals surface area contributed by atoms with Gasteiger partial charge in [0.15, 0.2) is 0 Å². The van der Waals surface area contributed by atoms with E-state index in [1.165, 1.54) is 12.2 Å². The Morgan fingerprint density at radius 3 is 2.47 bits per heavy atom. The second kappa shape index (κ2) is 5.91. The molecule has 0 aliphatic heterocycles. The van der Waals surface area contributed by atoms with E-state index < -0.39 is 0 Å². The molecule has 0 radical (unpaired) electrons. The Kier molecular flexibility index (Phi) is 5.58. The van der Waals surface area contributed by atoms with Gasteiger partial charge in [-0.3, -0.25) is 9.63 Å². The van der Waals surface area contributed by atoms with Crippen molar-refractivity contribution in [2.45, 2.75) is 33.6 Å². The molecule has 0 fully saturated rings. The van der Waals surface area contributed by atoms with Gasteiger partial charge in [-0.1, -0.05) is 33.3 Å². The normalized spacial score (nSPS) is 13.4. The molecule has 3 heteroatoms. The van der Waals surface area contributed by atoms with Crippen LogP contribution in [0.5, 0.6) is 0 Å². The molecule has 0 heterocycles. The highest BCUT2D eigenvalue weighted by molar-refractivity contribution is 5.78. The van der Waals surface area contributed by atoms with E-state index in [4.69, 9.17) is 4.84 Å². The van der Waals surface area contributed by atoms with Crippen molar-refractivity contribution in [1.29, 1.82) is 0 Å². The van der Waals surface area contributed by atoms with Gasteiger partial charge in [-0.25, -0.2) is 5.06 Å². The fraction of sp³-hybridized carbons (Fsp3) is 0.750. The molecule has 0 rings (SSSR count). The van der Waals surface area contributed by atoms with Crippen molar-refractivity contribution < 1.29 is 9.63 Å². The molecule has 15 heavy (non-hydrogen) atoms. The topological polar surface area (TPSA) is 29.5 Å². The molecule has 1 amide bonds. The van der Waals surface area contributed by atoms with Gasteiger partial charge in [-0.15, -0.1) is 6.58 Å². The first-order valence-corrected chi connectivity index (χ1v) is 5.33. The highest BCUT2D eigenvalue weighted by atomic mass is 16.7. The fourth-order valence-electron chi connectivity index (χ4n) is 1.48.